The summed E-state index contributed by atoms with van der Waals surface area (Å²) in [6.07, 6.45) is 3.51. The summed E-state index contributed by atoms with van der Waals surface area (Å²) in [6, 6.07) is 8.57. The number of rotatable bonds is 5. The molecule has 0 saturated carbocycles. The van der Waals surface area contributed by atoms with Crippen LogP contribution in [0.5, 0.6) is 0 Å². The average molecular weight is 290 g/mol. The minimum absolute atomic E-state index is 0.126. The monoisotopic (exact) mass is 290 g/mol. The van der Waals surface area contributed by atoms with Crippen molar-refractivity contribution < 1.29 is 9.53 Å². The van der Waals surface area contributed by atoms with Gasteiger partial charge in [0.25, 0.3) is 0 Å². The van der Waals surface area contributed by atoms with Crippen LogP contribution in [0.25, 0.3) is 0 Å². The van der Waals surface area contributed by atoms with Crippen LogP contribution in [-0.2, 0) is 9.53 Å². The third-order valence-corrected chi connectivity index (χ3v) is 4.29. The fraction of sp³-hybridized carbons (Fsp3) is 0.588. The SMILES string of the molecule is CNC1CCCN(C(=O)CCC(C)OC)c2ccccc21. The number of carbonyl (C=O) groups excluding carboxylic acids is 1. The molecule has 1 heterocycles. The van der Waals surface area contributed by atoms with Crippen molar-refractivity contribution in [3.05, 3.63) is 29.8 Å². The molecule has 116 valence electrons. The van der Waals surface area contributed by atoms with Crippen LogP contribution in [0, 0.1) is 0 Å². The van der Waals surface area contributed by atoms with E-state index in [1.165, 1.54) is 5.56 Å². The van der Waals surface area contributed by atoms with Gasteiger partial charge in [-0.15, -0.1) is 0 Å². The summed E-state index contributed by atoms with van der Waals surface area (Å²) in [7, 11) is 3.67. The van der Waals surface area contributed by atoms with Gasteiger partial charge in [0.15, 0.2) is 0 Å². The zero-order valence-electron chi connectivity index (χ0n) is 13.3. The van der Waals surface area contributed by atoms with Crippen molar-refractivity contribution in [1.82, 2.24) is 5.32 Å². The van der Waals surface area contributed by atoms with Gasteiger partial charge in [0.1, 0.15) is 0 Å². The first-order chi connectivity index (χ1) is 10.2. The van der Waals surface area contributed by atoms with Crippen LogP contribution >= 0.6 is 0 Å². The third kappa shape index (κ3) is 3.83. The predicted molar refractivity (Wildman–Crippen MR) is 85.5 cm³/mol. The van der Waals surface area contributed by atoms with Crippen molar-refractivity contribution in [2.45, 2.75) is 44.8 Å². The maximum absolute atomic E-state index is 12.6. The number of hydrogen-bond donors (Lipinski definition) is 1. The fourth-order valence-electron chi connectivity index (χ4n) is 2.90. The Bertz CT molecular complexity index is 476. The van der Waals surface area contributed by atoms with Crippen LogP contribution in [-0.4, -0.2) is 32.7 Å². The van der Waals surface area contributed by atoms with E-state index in [1.807, 2.05) is 31.0 Å². The highest BCUT2D eigenvalue weighted by molar-refractivity contribution is 5.94. The smallest absolute Gasteiger partial charge is 0.227 e. The lowest BCUT2D eigenvalue weighted by atomic mass is 10.0. The number of anilines is 1. The Balaban J connectivity index is 2.17. The molecule has 0 saturated heterocycles. The molecule has 2 atom stereocenters. The molecule has 4 heteroatoms. The highest BCUT2D eigenvalue weighted by Crippen LogP contribution is 2.33. The van der Waals surface area contributed by atoms with Crippen molar-refractivity contribution >= 4 is 11.6 Å². The number of methoxy groups -OCH3 is 1. The Kier molecular flexibility index (Phi) is 5.76. The number of fused-ring (bicyclic) bond motifs is 1. The second-order valence-corrected chi connectivity index (χ2v) is 5.67. The summed E-state index contributed by atoms with van der Waals surface area (Å²) in [4.78, 5) is 14.5. The minimum atomic E-state index is 0.126. The molecule has 4 nitrogen and oxygen atoms in total. The number of para-hydroxylation sites is 1. The quantitative estimate of drug-likeness (QED) is 0.906. The standard InChI is InChI=1S/C17H26N2O2/c1-13(21-3)10-11-17(20)19-12-6-8-15(18-2)14-7-4-5-9-16(14)19/h4-5,7,9,13,15,18H,6,8,10-12H2,1-3H3. The van der Waals surface area contributed by atoms with Crippen LogP contribution in [0.1, 0.15) is 44.2 Å². The van der Waals surface area contributed by atoms with Crippen molar-refractivity contribution in [2.24, 2.45) is 0 Å². The Hall–Kier alpha value is -1.39. The molecule has 0 aromatic heterocycles. The molecule has 21 heavy (non-hydrogen) atoms. The van der Waals surface area contributed by atoms with E-state index in [0.717, 1.165) is 31.5 Å². The molecule has 0 fully saturated rings. The first-order valence-electron chi connectivity index (χ1n) is 7.76. The van der Waals surface area contributed by atoms with Gasteiger partial charge in [-0.1, -0.05) is 18.2 Å². The number of hydrogen-bond acceptors (Lipinski definition) is 3. The molecule has 1 N–H and O–H groups in total. The zero-order chi connectivity index (χ0) is 15.2. The number of nitrogens with zero attached hydrogens (tertiary/aromatic N) is 1. The molecule has 0 aliphatic carbocycles. The lowest BCUT2D eigenvalue weighted by Crippen LogP contribution is -2.32. The summed E-state index contributed by atoms with van der Waals surface area (Å²) in [5.74, 6) is 0.197. The normalized spacial score (nSPS) is 19.8. The Morgan fingerprint density at radius 1 is 1.48 bits per heavy atom. The average Bonchev–Trinajstić information content (AvgIpc) is 2.71. The third-order valence-electron chi connectivity index (χ3n) is 4.29. The van der Waals surface area contributed by atoms with Crippen LogP contribution in [0.15, 0.2) is 24.3 Å². The fourth-order valence-corrected chi connectivity index (χ4v) is 2.90. The first kappa shape index (κ1) is 16.0. The van der Waals surface area contributed by atoms with Gasteiger partial charge in [-0.3, -0.25) is 4.79 Å². The predicted octanol–water partition coefficient (Wildman–Crippen LogP) is 2.89. The van der Waals surface area contributed by atoms with Gasteiger partial charge < -0.3 is 15.0 Å². The van der Waals surface area contributed by atoms with Gasteiger partial charge in [-0.2, -0.15) is 0 Å². The van der Waals surface area contributed by atoms with E-state index in [2.05, 4.69) is 17.4 Å². The largest absolute Gasteiger partial charge is 0.382 e. The van der Waals surface area contributed by atoms with E-state index >= 15 is 0 Å². The van der Waals surface area contributed by atoms with Gasteiger partial charge in [0.05, 0.1) is 6.10 Å². The van der Waals surface area contributed by atoms with Crippen LogP contribution in [0.2, 0.25) is 0 Å². The van der Waals surface area contributed by atoms with Gasteiger partial charge in [-0.05, 0) is 44.9 Å². The summed E-state index contributed by atoms with van der Waals surface area (Å²) >= 11 is 0. The molecular formula is C17H26N2O2. The van der Waals surface area contributed by atoms with Crippen molar-refractivity contribution in [2.75, 3.05) is 25.6 Å². The summed E-state index contributed by atoms with van der Waals surface area (Å²) in [5, 5.41) is 3.36. The molecule has 0 radical (unpaired) electrons. The van der Waals surface area contributed by atoms with Gasteiger partial charge in [-0.25, -0.2) is 0 Å². The molecule has 0 bridgehead atoms. The molecule has 2 unspecified atom stereocenters. The van der Waals surface area contributed by atoms with Gasteiger partial charge in [0, 0.05) is 31.8 Å². The second kappa shape index (κ2) is 7.57. The molecule has 1 aliphatic rings. The molecule has 1 aliphatic heterocycles. The van der Waals surface area contributed by atoms with E-state index in [4.69, 9.17) is 4.74 Å². The van der Waals surface area contributed by atoms with Crippen molar-refractivity contribution in [1.29, 1.82) is 0 Å². The molecule has 1 amide bonds. The van der Waals surface area contributed by atoms with E-state index in [0.29, 0.717) is 12.5 Å². The number of carbonyl (C=O) groups is 1. The lowest BCUT2D eigenvalue weighted by molar-refractivity contribution is -0.119. The number of ether oxygens (including phenoxy) is 1. The topological polar surface area (TPSA) is 41.6 Å². The van der Waals surface area contributed by atoms with Crippen molar-refractivity contribution in [3.63, 3.8) is 0 Å². The van der Waals surface area contributed by atoms with Crippen molar-refractivity contribution in [3.8, 4) is 0 Å². The molecule has 1 aromatic rings. The number of benzene rings is 1. The first-order valence-corrected chi connectivity index (χ1v) is 7.76. The number of amides is 1. The number of nitrogens with one attached hydrogen (secondary N) is 1. The van der Waals surface area contributed by atoms with Crippen LogP contribution in [0.4, 0.5) is 5.69 Å². The maximum atomic E-state index is 12.6. The van der Waals surface area contributed by atoms with E-state index in [-0.39, 0.29) is 12.0 Å². The summed E-state index contributed by atoms with van der Waals surface area (Å²) in [6.45, 7) is 2.80. The summed E-state index contributed by atoms with van der Waals surface area (Å²) in [5.41, 5.74) is 2.29. The molecule has 0 spiro atoms. The highest BCUT2D eigenvalue weighted by Gasteiger charge is 2.25. The van der Waals surface area contributed by atoms with Gasteiger partial charge in [0.2, 0.25) is 5.91 Å². The molecule has 1 aromatic carbocycles. The molecular weight excluding hydrogens is 264 g/mol. The highest BCUT2D eigenvalue weighted by atomic mass is 16.5. The zero-order valence-corrected chi connectivity index (χ0v) is 13.3. The van der Waals surface area contributed by atoms with Gasteiger partial charge >= 0.3 is 0 Å². The molecule has 2 rings (SSSR count). The lowest BCUT2D eigenvalue weighted by Gasteiger charge is -2.24. The Morgan fingerprint density at radius 2 is 2.24 bits per heavy atom. The van der Waals surface area contributed by atoms with Crippen LogP contribution in [0.3, 0.4) is 0 Å². The Morgan fingerprint density at radius 3 is 2.95 bits per heavy atom. The van der Waals surface area contributed by atoms with E-state index < -0.39 is 0 Å². The Labute approximate surface area is 127 Å². The van der Waals surface area contributed by atoms with E-state index in [9.17, 15) is 4.79 Å². The van der Waals surface area contributed by atoms with E-state index in [1.54, 1.807) is 7.11 Å². The van der Waals surface area contributed by atoms with Crippen LogP contribution < -0.4 is 10.2 Å². The summed E-state index contributed by atoms with van der Waals surface area (Å²) < 4.78 is 5.24. The maximum Gasteiger partial charge on any atom is 0.227 e. The second-order valence-electron chi connectivity index (χ2n) is 5.67. The minimum Gasteiger partial charge on any atom is -0.382 e.